The van der Waals surface area contributed by atoms with Crippen molar-refractivity contribution in [3.8, 4) is 22.3 Å². The van der Waals surface area contributed by atoms with Gasteiger partial charge in [0.1, 0.15) is 0 Å². The third-order valence-electron chi connectivity index (χ3n) is 6.49. The van der Waals surface area contributed by atoms with E-state index in [4.69, 9.17) is 0 Å². The van der Waals surface area contributed by atoms with Gasteiger partial charge in [-0.05, 0) is 68.7 Å². The molecule has 1 aliphatic rings. The van der Waals surface area contributed by atoms with Crippen molar-refractivity contribution in [3.05, 3.63) is 88.5 Å². The monoisotopic (exact) mass is 394 g/mol. The van der Waals surface area contributed by atoms with Gasteiger partial charge in [0.15, 0.2) is 0 Å². The molecule has 0 nitrogen and oxygen atoms in total. The minimum Gasteiger partial charge on any atom is -0.0626 e. The highest BCUT2D eigenvalue weighted by Crippen LogP contribution is 2.43. The minimum absolute atomic E-state index is 0.515. The topological polar surface area (TPSA) is 0 Å². The van der Waals surface area contributed by atoms with Gasteiger partial charge in [0, 0.05) is 0 Å². The van der Waals surface area contributed by atoms with Gasteiger partial charge < -0.3 is 0 Å². The summed E-state index contributed by atoms with van der Waals surface area (Å²) in [6, 6.07) is 22.8. The zero-order chi connectivity index (χ0) is 21.4. The zero-order valence-corrected chi connectivity index (χ0v) is 19.3. The summed E-state index contributed by atoms with van der Waals surface area (Å²) in [6.45, 7) is 13.8. The van der Waals surface area contributed by atoms with Crippen LogP contribution in [0.4, 0.5) is 0 Å². The van der Waals surface area contributed by atoms with E-state index in [1.165, 1.54) is 44.5 Å². The summed E-state index contributed by atoms with van der Waals surface area (Å²) in [5.41, 5.74) is 12.7. The second kappa shape index (κ2) is 8.26. The van der Waals surface area contributed by atoms with Gasteiger partial charge in [-0.25, -0.2) is 0 Å². The van der Waals surface area contributed by atoms with Crippen LogP contribution in [0.3, 0.4) is 0 Å². The van der Waals surface area contributed by atoms with Crippen LogP contribution in [0, 0.1) is 5.92 Å². The molecule has 0 aliphatic heterocycles. The molecule has 30 heavy (non-hydrogen) atoms. The molecule has 154 valence electrons. The standard InChI is InChI=1S/C30H34/c1-19(2)24-15-25(20(3)4)17-27(16-24)30-28(22-10-8-7-9-11-22)13-12-23-14-26(21(5)6)18-29(23)30/h7-13,15-21H,14H2,1-6H3. The van der Waals surface area contributed by atoms with E-state index >= 15 is 0 Å². The normalized spacial score (nSPS) is 13.3. The summed E-state index contributed by atoms with van der Waals surface area (Å²) in [5, 5.41) is 0. The zero-order valence-electron chi connectivity index (χ0n) is 19.3. The van der Waals surface area contributed by atoms with Gasteiger partial charge in [-0.3, -0.25) is 0 Å². The van der Waals surface area contributed by atoms with E-state index in [0.29, 0.717) is 17.8 Å². The van der Waals surface area contributed by atoms with E-state index in [9.17, 15) is 0 Å². The number of hydrogen-bond acceptors (Lipinski definition) is 0. The van der Waals surface area contributed by atoms with Gasteiger partial charge in [-0.15, -0.1) is 0 Å². The van der Waals surface area contributed by atoms with Crippen molar-refractivity contribution in [2.24, 2.45) is 5.92 Å². The largest absolute Gasteiger partial charge is 0.0626 e. The highest BCUT2D eigenvalue weighted by molar-refractivity contribution is 5.92. The van der Waals surface area contributed by atoms with E-state index in [-0.39, 0.29) is 0 Å². The molecule has 0 fully saturated rings. The quantitative estimate of drug-likeness (QED) is 0.405. The number of hydrogen-bond donors (Lipinski definition) is 0. The highest BCUT2D eigenvalue weighted by atomic mass is 14.3. The fraction of sp³-hybridized carbons (Fsp3) is 0.333. The molecule has 0 atom stereocenters. The lowest BCUT2D eigenvalue weighted by atomic mass is 9.85. The van der Waals surface area contributed by atoms with Gasteiger partial charge in [0.25, 0.3) is 0 Å². The average molecular weight is 395 g/mol. The molecule has 0 aromatic heterocycles. The van der Waals surface area contributed by atoms with E-state index in [0.717, 1.165) is 6.42 Å². The Hall–Kier alpha value is -2.60. The molecule has 0 bridgehead atoms. The maximum Gasteiger partial charge on any atom is -0.00298 e. The third-order valence-corrected chi connectivity index (χ3v) is 6.49. The van der Waals surface area contributed by atoms with E-state index in [1.807, 2.05) is 0 Å². The maximum absolute atomic E-state index is 2.47. The first-order valence-corrected chi connectivity index (χ1v) is 11.4. The van der Waals surface area contributed by atoms with Crippen LogP contribution in [0.1, 0.15) is 75.6 Å². The molecule has 0 unspecified atom stereocenters. The first kappa shape index (κ1) is 20.7. The first-order valence-electron chi connectivity index (χ1n) is 11.4. The van der Waals surface area contributed by atoms with Crippen molar-refractivity contribution >= 4 is 6.08 Å². The Labute approximate surface area is 182 Å². The van der Waals surface area contributed by atoms with E-state index in [2.05, 4.69) is 108 Å². The van der Waals surface area contributed by atoms with Crippen molar-refractivity contribution < 1.29 is 0 Å². The first-order chi connectivity index (χ1) is 14.3. The van der Waals surface area contributed by atoms with Crippen molar-refractivity contribution in [1.82, 2.24) is 0 Å². The van der Waals surface area contributed by atoms with Crippen LogP contribution >= 0.6 is 0 Å². The number of benzene rings is 3. The molecule has 0 heteroatoms. The van der Waals surface area contributed by atoms with Crippen LogP contribution in [0.5, 0.6) is 0 Å². The second-order valence-corrected chi connectivity index (χ2v) is 9.68. The van der Waals surface area contributed by atoms with Crippen molar-refractivity contribution in [2.75, 3.05) is 0 Å². The highest BCUT2D eigenvalue weighted by Gasteiger charge is 2.22. The van der Waals surface area contributed by atoms with Gasteiger partial charge in [-0.1, -0.05) is 114 Å². The molecule has 0 N–H and O–H groups in total. The Bertz CT molecular complexity index is 1050. The fourth-order valence-corrected chi connectivity index (χ4v) is 4.47. The smallest absolute Gasteiger partial charge is 0.00298 e. The number of allylic oxidation sites excluding steroid dienone is 1. The Kier molecular flexibility index (Phi) is 5.69. The van der Waals surface area contributed by atoms with Gasteiger partial charge in [0.2, 0.25) is 0 Å². The molecular formula is C30H34. The molecule has 0 radical (unpaired) electrons. The number of fused-ring (bicyclic) bond motifs is 1. The molecule has 3 aromatic carbocycles. The van der Waals surface area contributed by atoms with Crippen LogP contribution in [0.15, 0.2) is 66.2 Å². The number of rotatable bonds is 5. The second-order valence-electron chi connectivity index (χ2n) is 9.68. The van der Waals surface area contributed by atoms with Gasteiger partial charge >= 0.3 is 0 Å². The summed E-state index contributed by atoms with van der Waals surface area (Å²) >= 11 is 0. The summed E-state index contributed by atoms with van der Waals surface area (Å²) in [5.74, 6) is 1.61. The Morgan fingerprint density at radius 1 is 0.633 bits per heavy atom. The maximum atomic E-state index is 2.47. The minimum atomic E-state index is 0.515. The fourth-order valence-electron chi connectivity index (χ4n) is 4.47. The molecule has 0 saturated carbocycles. The molecule has 4 rings (SSSR count). The van der Waals surface area contributed by atoms with Crippen molar-refractivity contribution in [2.45, 2.75) is 59.8 Å². The molecule has 3 aromatic rings. The van der Waals surface area contributed by atoms with Crippen LogP contribution < -0.4 is 0 Å². The third kappa shape index (κ3) is 3.88. The Morgan fingerprint density at radius 2 is 1.27 bits per heavy atom. The van der Waals surface area contributed by atoms with Crippen LogP contribution in [-0.2, 0) is 6.42 Å². The SMILES string of the molecule is CC(C)C1=Cc2c(ccc(-c3ccccc3)c2-c2cc(C(C)C)cc(C(C)C)c2)C1. The van der Waals surface area contributed by atoms with Gasteiger partial charge in [-0.2, -0.15) is 0 Å². The lowest BCUT2D eigenvalue weighted by Gasteiger charge is -2.19. The predicted molar refractivity (Wildman–Crippen MR) is 132 cm³/mol. The summed E-state index contributed by atoms with van der Waals surface area (Å²) in [7, 11) is 0. The molecule has 0 amide bonds. The lowest BCUT2D eigenvalue weighted by Crippen LogP contribution is -1.98. The predicted octanol–water partition coefficient (Wildman–Crippen LogP) is 8.86. The van der Waals surface area contributed by atoms with Crippen LogP contribution in [0.2, 0.25) is 0 Å². The summed E-state index contributed by atoms with van der Waals surface area (Å²) in [4.78, 5) is 0. The molecule has 1 aliphatic carbocycles. The van der Waals surface area contributed by atoms with Crippen molar-refractivity contribution in [3.63, 3.8) is 0 Å². The molecule has 0 spiro atoms. The van der Waals surface area contributed by atoms with Crippen LogP contribution in [-0.4, -0.2) is 0 Å². The average Bonchev–Trinajstić information content (AvgIpc) is 3.18. The Balaban J connectivity index is 2.03. The summed E-state index contributed by atoms with van der Waals surface area (Å²) in [6.07, 6.45) is 3.55. The molecule has 0 saturated heterocycles. The van der Waals surface area contributed by atoms with Crippen LogP contribution in [0.25, 0.3) is 28.3 Å². The Morgan fingerprint density at radius 3 is 1.83 bits per heavy atom. The molecule has 0 heterocycles. The van der Waals surface area contributed by atoms with E-state index in [1.54, 1.807) is 5.57 Å². The molecular weight excluding hydrogens is 360 g/mol. The van der Waals surface area contributed by atoms with Crippen molar-refractivity contribution in [1.29, 1.82) is 0 Å². The van der Waals surface area contributed by atoms with Gasteiger partial charge in [0.05, 0.1) is 0 Å². The van der Waals surface area contributed by atoms with E-state index < -0.39 is 0 Å². The lowest BCUT2D eigenvalue weighted by molar-refractivity contribution is 0.754. The summed E-state index contributed by atoms with van der Waals surface area (Å²) < 4.78 is 0.